The molecule has 0 saturated carbocycles. The summed E-state index contributed by atoms with van der Waals surface area (Å²) in [5, 5.41) is 19.3. The van der Waals surface area contributed by atoms with Gasteiger partial charge in [-0.25, -0.2) is 9.97 Å². The van der Waals surface area contributed by atoms with E-state index in [0.29, 0.717) is 28.4 Å². The molecule has 25 heavy (non-hydrogen) atoms. The van der Waals surface area contributed by atoms with Crippen LogP contribution in [0.5, 0.6) is 0 Å². The molecule has 0 saturated heterocycles. The fourth-order valence-corrected chi connectivity index (χ4v) is 3.67. The Morgan fingerprint density at radius 3 is 2.92 bits per heavy atom. The van der Waals surface area contributed by atoms with E-state index in [1.807, 2.05) is 0 Å². The number of hydrogen-bond donors (Lipinski definition) is 3. The molecule has 1 aliphatic rings. The zero-order chi connectivity index (χ0) is 17.8. The molecule has 8 nitrogen and oxygen atoms in total. The van der Waals surface area contributed by atoms with Crippen LogP contribution in [0.3, 0.4) is 0 Å². The quantitative estimate of drug-likeness (QED) is 0.693. The fraction of sp³-hybridized carbons (Fsp3) is 0.562. The summed E-state index contributed by atoms with van der Waals surface area (Å²) >= 11 is 1.54. The van der Waals surface area contributed by atoms with E-state index in [0.717, 1.165) is 17.8 Å². The van der Waals surface area contributed by atoms with Crippen molar-refractivity contribution in [3.05, 3.63) is 11.3 Å². The van der Waals surface area contributed by atoms with Gasteiger partial charge in [0, 0.05) is 5.92 Å². The third-order valence-electron chi connectivity index (χ3n) is 4.26. The molecule has 2 aromatic rings. The molecule has 3 heterocycles. The first-order chi connectivity index (χ1) is 12.1. The van der Waals surface area contributed by atoms with Crippen LogP contribution < -0.4 is 16.0 Å². The molecule has 0 bridgehead atoms. The summed E-state index contributed by atoms with van der Waals surface area (Å²) in [7, 11) is 0. The van der Waals surface area contributed by atoms with Crippen LogP contribution in [0.25, 0.3) is 0 Å². The topological polar surface area (TPSA) is 105 Å². The summed E-state index contributed by atoms with van der Waals surface area (Å²) < 4.78 is 0. The van der Waals surface area contributed by atoms with Gasteiger partial charge in [-0.15, -0.1) is 10.2 Å². The summed E-state index contributed by atoms with van der Waals surface area (Å²) in [6, 6.07) is -0.327. The lowest BCUT2D eigenvalue weighted by Crippen LogP contribution is -2.37. The Morgan fingerprint density at radius 2 is 2.16 bits per heavy atom. The second kappa shape index (κ2) is 7.73. The summed E-state index contributed by atoms with van der Waals surface area (Å²) in [5.74, 6) is 1.44. The fourth-order valence-electron chi connectivity index (χ4n) is 2.71. The number of carbonyl (C=O) groups is 1. The van der Waals surface area contributed by atoms with Gasteiger partial charge in [-0.1, -0.05) is 38.0 Å². The van der Waals surface area contributed by atoms with Gasteiger partial charge in [-0.05, 0) is 19.8 Å². The highest BCUT2D eigenvalue weighted by Gasteiger charge is 2.26. The monoisotopic (exact) mass is 361 g/mol. The van der Waals surface area contributed by atoms with Crippen LogP contribution in [-0.4, -0.2) is 32.1 Å². The molecule has 2 atom stereocenters. The van der Waals surface area contributed by atoms with Gasteiger partial charge in [0.25, 0.3) is 0 Å². The number of carbonyl (C=O) groups excluding carboxylic acids is 1. The zero-order valence-corrected chi connectivity index (χ0v) is 15.5. The molecule has 2 aromatic heterocycles. The SMILES string of the molecule is CCCCC(CC)c1nnc(Nc2ncnc3c2NC(=O)C(C)N3)s1. The van der Waals surface area contributed by atoms with Crippen molar-refractivity contribution in [1.29, 1.82) is 0 Å². The summed E-state index contributed by atoms with van der Waals surface area (Å²) in [4.78, 5) is 20.3. The normalized spacial score (nSPS) is 17.4. The summed E-state index contributed by atoms with van der Waals surface area (Å²) in [5.41, 5.74) is 0.542. The number of aromatic nitrogens is 4. The van der Waals surface area contributed by atoms with Crippen molar-refractivity contribution < 1.29 is 4.79 Å². The molecule has 0 radical (unpaired) electrons. The van der Waals surface area contributed by atoms with E-state index in [-0.39, 0.29) is 11.9 Å². The predicted octanol–water partition coefficient (Wildman–Crippen LogP) is 3.51. The third kappa shape index (κ3) is 3.87. The van der Waals surface area contributed by atoms with E-state index >= 15 is 0 Å². The molecule has 2 unspecified atom stereocenters. The maximum absolute atomic E-state index is 11.9. The van der Waals surface area contributed by atoms with Crippen molar-refractivity contribution in [2.75, 3.05) is 16.0 Å². The minimum Gasteiger partial charge on any atom is -0.357 e. The van der Waals surface area contributed by atoms with Crippen LogP contribution in [0.2, 0.25) is 0 Å². The summed E-state index contributed by atoms with van der Waals surface area (Å²) in [6.07, 6.45) is 6.00. The van der Waals surface area contributed by atoms with Crippen molar-refractivity contribution in [2.45, 2.75) is 58.4 Å². The first kappa shape index (κ1) is 17.5. The predicted molar refractivity (Wildman–Crippen MR) is 99.5 cm³/mol. The minimum absolute atomic E-state index is 0.117. The van der Waals surface area contributed by atoms with E-state index in [1.54, 1.807) is 6.92 Å². The zero-order valence-electron chi connectivity index (χ0n) is 14.7. The van der Waals surface area contributed by atoms with Crippen LogP contribution in [0.1, 0.15) is 57.4 Å². The molecule has 0 aliphatic carbocycles. The molecule has 3 rings (SSSR count). The van der Waals surface area contributed by atoms with Crippen LogP contribution in [-0.2, 0) is 4.79 Å². The molecule has 0 spiro atoms. The van der Waals surface area contributed by atoms with E-state index in [1.165, 1.54) is 30.5 Å². The highest BCUT2D eigenvalue weighted by molar-refractivity contribution is 7.15. The molecule has 1 aliphatic heterocycles. The van der Waals surface area contributed by atoms with Crippen LogP contribution >= 0.6 is 11.3 Å². The van der Waals surface area contributed by atoms with Gasteiger partial charge in [0.1, 0.15) is 23.1 Å². The van der Waals surface area contributed by atoms with E-state index in [4.69, 9.17) is 0 Å². The second-order valence-corrected chi connectivity index (χ2v) is 7.13. The van der Waals surface area contributed by atoms with Gasteiger partial charge < -0.3 is 16.0 Å². The standard InChI is InChI=1S/C16H23N7OS/c1-4-6-7-10(5-2)15-22-23-16(25-15)21-13-11-12(17-8-18-13)19-9(3)14(24)20-11/h8-10H,4-7H2,1-3H3,(H,20,24)(H2,17,18,19,21,23). The van der Waals surface area contributed by atoms with Crippen molar-refractivity contribution in [2.24, 2.45) is 0 Å². The Morgan fingerprint density at radius 1 is 1.32 bits per heavy atom. The molecule has 9 heteroatoms. The number of nitrogens with zero attached hydrogens (tertiary/aromatic N) is 4. The van der Waals surface area contributed by atoms with Gasteiger partial charge in [-0.2, -0.15) is 0 Å². The van der Waals surface area contributed by atoms with E-state index < -0.39 is 0 Å². The minimum atomic E-state index is -0.327. The second-order valence-electron chi connectivity index (χ2n) is 6.12. The van der Waals surface area contributed by atoms with Gasteiger partial charge in [0.15, 0.2) is 11.6 Å². The molecule has 0 aromatic carbocycles. The summed E-state index contributed by atoms with van der Waals surface area (Å²) in [6.45, 7) is 6.16. The van der Waals surface area contributed by atoms with Crippen molar-refractivity contribution >= 4 is 39.7 Å². The number of hydrogen-bond acceptors (Lipinski definition) is 8. The van der Waals surface area contributed by atoms with Gasteiger partial charge >= 0.3 is 0 Å². The maximum Gasteiger partial charge on any atom is 0.246 e. The van der Waals surface area contributed by atoms with Crippen molar-refractivity contribution in [3.8, 4) is 0 Å². The highest BCUT2D eigenvalue weighted by atomic mass is 32.1. The number of rotatable bonds is 7. The number of nitrogens with one attached hydrogen (secondary N) is 3. The Kier molecular flexibility index (Phi) is 5.42. The highest BCUT2D eigenvalue weighted by Crippen LogP contribution is 2.35. The molecule has 3 N–H and O–H groups in total. The van der Waals surface area contributed by atoms with Gasteiger partial charge in [0.05, 0.1) is 0 Å². The van der Waals surface area contributed by atoms with Crippen molar-refractivity contribution in [1.82, 2.24) is 20.2 Å². The molecule has 0 fully saturated rings. The van der Waals surface area contributed by atoms with Crippen LogP contribution in [0.15, 0.2) is 6.33 Å². The average Bonchev–Trinajstić information content (AvgIpc) is 3.06. The smallest absolute Gasteiger partial charge is 0.246 e. The van der Waals surface area contributed by atoms with Gasteiger partial charge in [0.2, 0.25) is 11.0 Å². The lowest BCUT2D eigenvalue weighted by Gasteiger charge is -2.24. The number of amides is 1. The number of anilines is 4. The Labute approximate surface area is 150 Å². The lowest BCUT2D eigenvalue weighted by atomic mass is 10.0. The Bertz CT molecular complexity index is 748. The van der Waals surface area contributed by atoms with Crippen LogP contribution in [0.4, 0.5) is 22.5 Å². The van der Waals surface area contributed by atoms with Crippen LogP contribution in [0, 0.1) is 0 Å². The number of unbranched alkanes of at least 4 members (excludes halogenated alkanes) is 1. The van der Waals surface area contributed by atoms with Gasteiger partial charge in [-0.3, -0.25) is 4.79 Å². The lowest BCUT2D eigenvalue weighted by molar-refractivity contribution is -0.116. The van der Waals surface area contributed by atoms with E-state index in [9.17, 15) is 4.79 Å². The Balaban J connectivity index is 1.78. The number of fused-ring (bicyclic) bond motifs is 1. The largest absolute Gasteiger partial charge is 0.357 e. The molecule has 1 amide bonds. The third-order valence-corrected chi connectivity index (χ3v) is 5.26. The molecular weight excluding hydrogens is 338 g/mol. The molecule has 134 valence electrons. The van der Waals surface area contributed by atoms with E-state index in [2.05, 4.69) is 50.0 Å². The molecular formula is C16H23N7OS. The average molecular weight is 361 g/mol. The Hall–Kier alpha value is -2.29. The van der Waals surface area contributed by atoms with Crippen molar-refractivity contribution in [3.63, 3.8) is 0 Å². The first-order valence-electron chi connectivity index (χ1n) is 8.65. The first-order valence-corrected chi connectivity index (χ1v) is 9.46. The maximum atomic E-state index is 11.9.